The van der Waals surface area contributed by atoms with E-state index in [0.29, 0.717) is 23.6 Å². The maximum atomic E-state index is 11.9. The van der Waals surface area contributed by atoms with Gasteiger partial charge in [-0.05, 0) is 32.6 Å². The van der Waals surface area contributed by atoms with Gasteiger partial charge in [0.2, 0.25) is 11.8 Å². The smallest absolute Gasteiger partial charge is 0.410 e. The van der Waals surface area contributed by atoms with Crippen molar-refractivity contribution < 1.29 is 13.9 Å². The average Bonchev–Trinajstić information content (AvgIpc) is 2.67. The molecule has 6 nitrogen and oxygen atoms in total. The molecule has 0 N–H and O–H groups in total. The molecule has 2 aliphatic rings. The number of rotatable bonds is 1. The summed E-state index contributed by atoms with van der Waals surface area (Å²) in [5.74, 6) is 2.56. The van der Waals surface area contributed by atoms with Crippen LogP contribution in [-0.4, -0.2) is 39.9 Å². The fourth-order valence-corrected chi connectivity index (χ4v) is 2.81. The zero-order valence-corrected chi connectivity index (χ0v) is 11.7. The van der Waals surface area contributed by atoms with Gasteiger partial charge in [-0.3, -0.25) is 0 Å². The maximum Gasteiger partial charge on any atom is 0.410 e. The largest absolute Gasteiger partial charge is 0.444 e. The first-order valence-electron chi connectivity index (χ1n) is 6.63. The molecule has 1 aromatic rings. The molecular weight excluding hydrogens is 246 g/mol. The van der Waals surface area contributed by atoms with E-state index in [0.717, 1.165) is 19.0 Å². The van der Waals surface area contributed by atoms with E-state index in [-0.39, 0.29) is 6.09 Å². The van der Waals surface area contributed by atoms with E-state index in [1.54, 1.807) is 11.8 Å². The quantitative estimate of drug-likeness (QED) is 0.776. The van der Waals surface area contributed by atoms with Gasteiger partial charge in [0, 0.05) is 25.9 Å². The Morgan fingerprint density at radius 1 is 1.32 bits per heavy atom. The first-order chi connectivity index (χ1) is 8.85. The predicted molar refractivity (Wildman–Crippen MR) is 66.6 cm³/mol. The van der Waals surface area contributed by atoms with Crippen LogP contribution in [0.2, 0.25) is 0 Å². The Labute approximate surface area is 112 Å². The third-order valence-electron chi connectivity index (χ3n) is 3.67. The van der Waals surface area contributed by atoms with Crippen molar-refractivity contribution in [2.24, 2.45) is 11.8 Å². The molecule has 2 fully saturated rings. The normalized spacial score (nSPS) is 29.3. The molecule has 6 heteroatoms. The molecule has 1 amide bonds. The Morgan fingerprint density at radius 2 is 1.95 bits per heavy atom. The van der Waals surface area contributed by atoms with Crippen LogP contribution in [-0.2, 0) is 4.74 Å². The number of piperidine rings is 1. The minimum Gasteiger partial charge on any atom is -0.444 e. The number of fused-ring (bicyclic) bond motifs is 1. The second kappa shape index (κ2) is 3.95. The highest BCUT2D eigenvalue weighted by molar-refractivity contribution is 5.69. The lowest BCUT2D eigenvalue weighted by atomic mass is 10.2. The van der Waals surface area contributed by atoms with E-state index >= 15 is 0 Å². The van der Waals surface area contributed by atoms with Gasteiger partial charge in [0.25, 0.3) is 0 Å². The molecule has 0 spiro atoms. The van der Waals surface area contributed by atoms with Crippen LogP contribution in [0, 0.1) is 18.8 Å². The predicted octanol–water partition coefficient (Wildman–Crippen LogP) is 1.96. The number of hydrogen-bond acceptors (Lipinski definition) is 5. The van der Waals surface area contributed by atoms with Crippen LogP contribution in [0.4, 0.5) is 4.79 Å². The number of hydrogen-bond donors (Lipinski definition) is 0. The van der Waals surface area contributed by atoms with E-state index in [9.17, 15) is 4.79 Å². The summed E-state index contributed by atoms with van der Waals surface area (Å²) >= 11 is 0. The zero-order chi connectivity index (χ0) is 13.8. The van der Waals surface area contributed by atoms with Crippen LogP contribution < -0.4 is 0 Å². The summed E-state index contributed by atoms with van der Waals surface area (Å²) in [4.78, 5) is 13.7. The molecule has 0 radical (unpaired) electrons. The van der Waals surface area contributed by atoms with Crippen LogP contribution >= 0.6 is 0 Å². The molecule has 3 rings (SSSR count). The first kappa shape index (κ1) is 12.4. The molecular formula is C13H19N3O3. The van der Waals surface area contributed by atoms with Gasteiger partial charge in [-0.25, -0.2) is 4.79 Å². The second-order valence-electron chi connectivity index (χ2n) is 6.40. The van der Waals surface area contributed by atoms with Gasteiger partial charge in [0.1, 0.15) is 5.60 Å². The summed E-state index contributed by atoms with van der Waals surface area (Å²) in [6, 6.07) is 0. The van der Waals surface area contributed by atoms with Gasteiger partial charge in [-0.2, -0.15) is 0 Å². The second-order valence-corrected chi connectivity index (χ2v) is 6.40. The highest BCUT2D eigenvalue weighted by Gasteiger charge is 2.60. The maximum absolute atomic E-state index is 11.9. The monoisotopic (exact) mass is 265 g/mol. The lowest BCUT2D eigenvalue weighted by Crippen LogP contribution is -2.36. The number of aryl methyl sites for hydroxylation is 1. The molecule has 0 bridgehead atoms. The van der Waals surface area contributed by atoms with Crippen molar-refractivity contribution in [3.8, 4) is 0 Å². The van der Waals surface area contributed by atoms with E-state index < -0.39 is 5.60 Å². The highest BCUT2D eigenvalue weighted by atomic mass is 16.6. The highest BCUT2D eigenvalue weighted by Crippen LogP contribution is 2.57. The lowest BCUT2D eigenvalue weighted by molar-refractivity contribution is 0.0269. The van der Waals surface area contributed by atoms with Crippen molar-refractivity contribution in [3.63, 3.8) is 0 Å². The molecule has 2 heterocycles. The number of carbonyl (C=O) groups is 1. The Balaban J connectivity index is 1.57. The van der Waals surface area contributed by atoms with Crippen molar-refractivity contribution in [2.45, 2.75) is 39.2 Å². The summed E-state index contributed by atoms with van der Waals surface area (Å²) < 4.78 is 10.8. The van der Waals surface area contributed by atoms with E-state index in [1.807, 2.05) is 20.8 Å². The molecule has 19 heavy (non-hydrogen) atoms. The van der Waals surface area contributed by atoms with E-state index in [4.69, 9.17) is 9.15 Å². The van der Waals surface area contributed by atoms with Gasteiger partial charge in [-0.15, -0.1) is 10.2 Å². The lowest BCUT2D eigenvalue weighted by Gasteiger charge is -2.25. The molecule has 1 aliphatic carbocycles. The minimum atomic E-state index is -0.438. The SMILES string of the molecule is Cc1nnc(C2C3CN(C(=O)OC(C)(C)C)C[C@@H]32)o1. The third kappa shape index (κ3) is 2.31. The van der Waals surface area contributed by atoms with Crippen molar-refractivity contribution in [3.05, 3.63) is 11.8 Å². The molecule has 104 valence electrons. The van der Waals surface area contributed by atoms with Crippen molar-refractivity contribution >= 4 is 6.09 Å². The van der Waals surface area contributed by atoms with Crippen LogP contribution in [0.25, 0.3) is 0 Å². The number of likely N-dealkylation sites (tertiary alicyclic amines) is 1. The Morgan fingerprint density at radius 3 is 2.42 bits per heavy atom. The van der Waals surface area contributed by atoms with Crippen LogP contribution in [0.1, 0.15) is 38.5 Å². The number of carbonyl (C=O) groups excluding carboxylic acids is 1. The van der Waals surface area contributed by atoms with Crippen molar-refractivity contribution in [1.82, 2.24) is 15.1 Å². The average molecular weight is 265 g/mol. The fraction of sp³-hybridized carbons (Fsp3) is 0.769. The van der Waals surface area contributed by atoms with Gasteiger partial charge < -0.3 is 14.1 Å². The van der Waals surface area contributed by atoms with Crippen LogP contribution in [0.5, 0.6) is 0 Å². The molecule has 1 saturated carbocycles. The minimum absolute atomic E-state index is 0.222. The standard InChI is InChI=1S/C13H19N3O3/c1-7-14-15-11(18-7)10-8-5-16(6-9(8)10)12(17)19-13(2,3)4/h8-10H,5-6H2,1-4H3/t8-,9?,10?/m0/s1. The summed E-state index contributed by atoms with van der Waals surface area (Å²) in [5, 5.41) is 7.92. The molecule has 0 aromatic carbocycles. The van der Waals surface area contributed by atoms with Gasteiger partial charge in [0.05, 0.1) is 0 Å². The molecule has 1 aromatic heterocycles. The van der Waals surface area contributed by atoms with Crippen LogP contribution in [0.15, 0.2) is 4.42 Å². The number of aromatic nitrogens is 2. The van der Waals surface area contributed by atoms with Crippen molar-refractivity contribution in [1.29, 1.82) is 0 Å². The van der Waals surface area contributed by atoms with Crippen molar-refractivity contribution in [2.75, 3.05) is 13.1 Å². The summed E-state index contributed by atoms with van der Waals surface area (Å²) in [7, 11) is 0. The van der Waals surface area contributed by atoms with Gasteiger partial charge >= 0.3 is 6.09 Å². The third-order valence-corrected chi connectivity index (χ3v) is 3.67. The molecule has 3 atom stereocenters. The summed E-state index contributed by atoms with van der Waals surface area (Å²) in [6.07, 6.45) is -0.222. The first-order valence-corrected chi connectivity index (χ1v) is 6.63. The number of amides is 1. The van der Waals surface area contributed by atoms with Crippen LogP contribution in [0.3, 0.4) is 0 Å². The Bertz CT molecular complexity index is 493. The zero-order valence-electron chi connectivity index (χ0n) is 11.7. The van der Waals surface area contributed by atoms with Gasteiger partial charge in [-0.1, -0.05) is 0 Å². The molecule has 1 aliphatic heterocycles. The number of nitrogens with zero attached hydrogens (tertiary/aromatic N) is 3. The fourth-order valence-electron chi connectivity index (χ4n) is 2.81. The Hall–Kier alpha value is -1.59. The van der Waals surface area contributed by atoms with Gasteiger partial charge in [0.15, 0.2) is 0 Å². The van der Waals surface area contributed by atoms with E-state index in [2.05, 4.69) is 10.2 Å². The Kier molecular flexibility index (Phi) is 2.59. The van der Waals surface area contributed by atoms with E-state index in [1.165, 1.54) is 0 Å². The summed E-state index contributed by atoms with van der Waals surface area (Å²) in [5.41, 5.74) is -0.438. The molecule has 2 unspecified atom stereocenters. The topological polar surface area (TPSA) is 68.5 Å². The number of ether oxygens (including phenoxy) is 1. The molecule has 1 saturated heterocycles. The summed E-state index contributed by atoms with van der Waals surface area (Å²) in [6.45, 7) is 8.89.